The van der Waals surface area contributed by atoms with Crippen LogP contribution in [0, 0.1) is 17.2 Å². The molecule has 0 saturated heterocycles. The van der Waals surface area contributed by atoms with E-state index in [9.17, 15) is 0 Å². The number of aliphatic hydroxyl groups is 1. The first-order valence-corrected chi connectivity index (χ1v) is 3.76. The summed E-state index contributed by atoms with van der Waals surface area (Å²) < 4.78 is 0. The molecule has 3 nitrogen and oxygen atoms in total. The lowest BCUT2D eigenvalue weighted by Crippen LogP contribution is -2.06. The van der Waals surface area contributed by atoms with Crippen LogP contribution in [0.15, 0.2) is 24.5 Å². The van der Waals surface area contributed by atoms with Crippen molar-refractivity contribution in [3.05, 3.63) is 30.1 Å². The van der Waals surface area contributed by atoms with E-state index in [4.69, 9.17) is 10.4 Å². The Bertz CT molecular complexity index is 266. The quantitative estimate of drug-likeness (QED) is 0.713. The lowest BCUT2D eigenvalue weighted by Gasteiger charge is -2.03. The predicted octanol–water partition coefficient (Wildman–Crippen LogP) is 0.756. The van der Waals surface area contributed by atoms with E-state index in [0.29, 0.717) is 6.42 Å². The molecule has 1 heterocycles. The molecule has 3 heteroatoms. The van der Waals surface area contributed by atoms with Gasteiger partial charge in [0.05, 0.1) is 18.6 Å². The Balaban J connectivity index is 2.58. The van der Waals surface area contributed by atoms with Crippen LogP contribution >= 0.6 is 0 Å². The third kappa shape index (κ3) is 2.33. The van der Waals surface area contributed by atoms with Crippen LogP contribution in [-0.2, 0) is 6.42 Å². The topological polar surface area (TPSA) is 56.9 Å². The molecule has 0 aliphatic carbocycles. The molecule has 1 aromatic rings. The van der Waals surface area contributed by atoms with Gasteiger partial charge in [0.2, 0.25) is 0 Å². The minimum Gasteiger partial charge on any atom is -0.395 e. The Morgan fingerprint density at radius 1 is 1.50 bits per heavy atom. The molecule has 0 bridgehead atoms. The van der Waals surface area contributed by atoms with E-state index in [1.807, 2.05) is 18.2 Å². The summed E-state index contributed by atoms with van der Waals surface area (Å²) in [6.45, 7) is -0.0845. The molecule has 0 aromatic carbocycles. The second-order valence-corrected chi connectivity index (χ2v) is 2.57. The number of nitrogens with zero attached hydrogens (tertiary/aromatic N) is 2. The first-order chi connectivity index (χ1) is 5.86. The molecule has 0 unspecified atom stereocenters. The summed E-state index contributed by atoms with van der Waals surface area (Å²) in [5.41, 5.74) is 1.03. The molecular formula is C9H10N2O. The Hall–Kier alpha value is -1.40. The molecule has 1 atom stereocenters. The average Bonchev–Trinajstić information content (AvgIpc) is 2.16. The van der Waals surface area contributed by atoms with Gasteiger partial charge in [0.1, 0.15) is 0 Å². The van der Waals surface area contributed by atoms with Crippen molar-refractivity contribution in [1.82, 2.24) is 4.98 Å². The van der Waals surface area contributed by atoms with Gasteiger partial charge >= 0.3 is 0 Å². The second-order valence-electron chi connectivity index (χ2n) is 2.57. The summed E-state index contributed by atoms with van der Waals surface area (Å²) in [5, 5.41) is 17.3. The van der Waals surface area contributed by atoms with E-state index in [1.165, 1.54) is 0 Å². The number of aliphatic hydroxyl groups excluding tert-OH is 1. The van der Waals surface area contributed by atoms with Crippen molar-refractivity contribution in [3.8, 4) is 6.07 Å². The van der Waals surface area contributed by atoms with Gasteiger partial charge in [0.25, 0.3) is 0 Å². The van der Waals surface area contributed by atoms with Crippen molar-refractivity contribution in [2.24, 2.45) is 5.92 Å². The lowest BCUT2D eigenvalue weighted by atomic mass is 10.0. The van der Waals surface area contributed by atoms with Gasteiger partial charge in [-0.25, -0.2) is 0 Å². The first-order valence-electron chi connectivity index (χ1n) is 3.76. The fourth-order valence-corrected chi connectivity index (χ4v) is 0.954. The minimum absolute atomic E-state index is 0.0845. The van der Waals surface area contributed by atoms with Crippen molar-refractivity contribution in [1.29, 1.82) is 5.26 Å². The largest absolute Gasteiger partial charge is 0.395 e. The van der Waals surface area contributed by atoms with E-state index in [0.717, 1.165) is 5.56 Å². The molecule has 1 rings (SSSR count). The van der Waals surface area contributed by atoms with E-state index in [-0.39, 0.29) is 12.5 Å². The van der Waals surface area contributed by atoms with Crippen molar-refractivity contribution < 1.29 is 5.11 Å². The van der Waals surface area contributed by atoms with E-state index in [2.05, 4.69) is 4.98 Å². The Morgan fingerprint density at radius 3 is 2.67 bits per heavy atom. The van der Waals surface area contributed by atoms with Crippen molar-refractivity contribution in [3.63, 3.8) is 0 Å². The van der Waals surface area contributed by atoms with Crippen LogP contribution in [-0.4, -0.2) is 16.7 Å². The highest BCUT2D eigenvalue weighted by molar-refractivity contribution is 5.12. The van der Waals surface area contributed by atoms with Crippen LogP contribution in [0.5, 0.6) is 0 Å². The SMILES string of the molecule is N#C[C@@H](CO)Cc1ccncc1. The van der Waals surface area contributed by atoms with Crippen LogP contribution in [0.4, 0.5) is 0 Å². The highest BCUT2D eigenvalue weighted by atomic mass is 16.3. The molecule has 0 amide bonds. The summed E-state index contributed by atoms with van der Waals surface area (Å²) in [6, 6.07) is 5.72. The minimum atomic E-state index is -0.299. The molecule has 12 heavy (non-hydrogen) atoms. The van der Waals surface area contributed by atoms with E-state index >= 15 is 0 Å². The molecule has 0 fully saturated rings. The van der Waals surface area contributed by atoms with Crippen molar-refractivity contribution >= 4 is 0 Å². The normalized spacial score (nSPS) is 12.0. The van der Waals surface area contributed by atoms with Gasteiger partial charge in [0, 0.05) is 12.4 Å². The zero-order valence-corrected chi connectivity index (χ0v) is 6.64. The number of aromatic nitrogens is 1. The number of hydrogen-bond donors (Lipinski definition) is 1. The fourth-order valence-electron chi connectivity index (χ4n) is 0.954. The van der Waals surface area contributed by atoms with Gasteiger partial charge in [-0.2, -0.15) is 5.26 Å². The number of rotatable bonds is 3. The monoisotopic (exact) mass is 162 g/mol. The van der Waals surface area contributed by atoms with E-state index in [1.54, 1.807) is 12.4 Å². The van der Waals surface area contributed by atoms with Gasteiger partial charge in [0.15, 0.2) is 0 Å². The van der Waals surface area contributed by atoms with Gasteiger partial charge in [-0.15, -0.1) is 0 Å². The summed E-state index contributed by atoms with van der Waals surface area (Å²) >= 11 is 0. The molecule has 0 spiro atoms. The summed E-state index contributed by atoms with van der Waals surface area (Å²) in [7, 11) is 0. The van der Waals surface area contributed by atoms with Gasteiger partial charge in [-0.1, -0.05) is 0 Å². The number of pyridine rings is 1. The van der Waals surface area contributed by atoms with Crippen LogP contribution in [0.2, 0.25) is 0 Å². The Kier molecular flexibility index (Phi) is 3.24. The maximum atomic E-state index is 8.75. The zero-order valence-electron chi connectivity index (χ0n) is 6.64. The van der Waals surface area contributed by atoms with Crippen molar-refractivity contribution in [2.45, 2.75) is 6.42 Å². The molecule has 0 aliphatic rings. The van der Waals surface area contributed by atoms with Crippen LogP contribution < -0.4 is 0 Å². The fraction of sp³-hybridized carbons (Fsp3) is 0.333. The standard InChI is InChI=1S/C9H10N2O/c10-6-9(7-12)5-8-1-3-11-4-2-8/h1-4,9,12H,5,7H2/t9-/m0/s1. The highest BCUT2D eigenvalue weighted by Crippen LogP contribution is 2.05. The first kappa shape index (κ1) is 8.69. The lowest BCUT2D eigenvalue weighted by molar-refractivity contribution is 0.255. The van der Waals surface area contributed by atoms with Gasteiger partial charge < -0.3 is 5.11 Å². The maximum Gasteiger partial charge on any atom is 0.0734 e. The molecule has 1 aromatic heterocycles. The van der Waals surface area contributed by atoms with Crippen molar-refractivity contribution in [2.75, 3.05) is 6.61 Å². The Labute approximate surface area is 71.3 Å². The summed E-state index contributed by atoms with van der Waals surface area (Å²) in [6.07, 6.45) is 3.96. The molecule has 0 aliphatic heterocycles. The third-order valence-corrected chi connectivity index (χ3v) is 1.63. The Morgan fingerprint density at radius 2 is 2.17 bits per heavy atom. The average molecular weight is 162 g/mol. The highest BCUT2D eigenvalue weighted by Gasteiger charge is 2.05. The number of hydrogen-bond acceptors (Lipinski definition) is 3. The van der Waals surface area contributed by atoms with Gasteiger partial charge in [-0.3, -0.25) is 4.98 Å². The summed E-state index contributed by atoms with van der Waals surface area (Å²) in [5.74, 6) is -0.299. The maximum absolute atomic E-state index is 8.75. The molecule has 62 valence electrons. The third-order valence-electron chi connectivity index (χ3n) is 1.63. The summed E-state index contributed by atoms with van der Waals surface area (Å²) in [4.78, 5) is 3.86. The smallest absolute Gasteiger partial charge is 0.0734 e. The van der Waals surface area contributed by atoms with Crippen LogP contribution in [0.25, 0.3) is 0 Å². The van der Waals surface area contributed by atoms with Crippen LogP contribution in [0.3, 0.4) is 0 Å². The van der Waals surface area contributed by atoms with Crippen LogP contribution in [0.1, 0.15) is 5.56 Å². The second kappa shape index (κ2) is 4.47. The zero-order chi connectivity index (χ0) is 8.81. The van der Waals surface area contributed by atoms with Gasteiger partial charge in [-0.05, 0) is 24.1 Å². The molecule has 0 radical (unpaired) electrons. The van der Waals surface area contributed by atoms with E-state index < -0.39 is 0 Å². The number of nitriles is 1. The predicted molar refractivity (Wildman–Crippen MR) is 44.1 cm³/mol. The molecule has 1 N–H and O–H groups in total. The molecular weight excluding hydrogens is 152 g/mol. The molecule has 0 saturated carbocycles.